The summed E-state index contributed by atoms with van der Waals surface area (Å²) in [5.41, 5.74) is 0.228. The van der Waals surface area contributed by atoms with Crippen molar-refractivity contribution in [3.63, 3.8) is 0 Å². The van der Waals surface area contributed by atoms with E-state index in [1.807, 2.05) is 31.2 Å². The molecule has 0 saturated carbocycles. The minimum absolute atomic E-state index is 0.0390. The van der Waals surface area contributed by atoms with Crippen LogP contribution >= 0.6 is 0 Å². The number of hydrogen-bond acceptors (Lipinski definition) is 4. The van der Waals surface area contributed by atoms with Crippen molar-refractivity contribution in [1.82, 2.24) is 14.7 Å². The van der Waals surface area contributed by atoms with Gasteiger partial charge >= 0.3 is 0 Å². The highest BCUT2D eigenvalue weighted by atomic mass is 16.3. The van der Waals surface area contributed by atoms with Crippen LogP contribution in [0.2, 0.25) is 0 Å². The molecule has 4 rings (SSSR count). The number of nitrogens with zero attached hydrogens (tertiary/aromatic N) is 3. The number of carbonyl (C=O) groups is 3. The first-order valence-corrected chi connectivity index (χ1v) is 10.6. The van der Waals surface area contributed by atoms with Crippen molar-refractivity contribution in [2.45, 2.75) is 32.2 Å². The first kappa shape index (κ1) is 20.2. The molecule has 7 nitrogen and oxygen atoms in total. The van der Waals surface area contributed by atoms with Crippen molar-refractivity contribution in [2.24, 2.45) is 0 Å². The molecule has 2 saturated heterocycles. The topological polar surface area (TPSA) is 81.2 Å². The van der Waals surface area contributed by atoms with Gasteiger partial charge in [0.25, 0.3) is 5.91 Å². The van der Waals surface area contributed by atoms with Gasteiger partial charge in [-0.15, -0.1) is 0 Å². The van der Waals surface area contributed by atoms with Crippen LogP contribution in [0.3, 0.4) is 0 Å². The van der Waals surface area contributed by atoms with Gasteiger partial charge < -0.3 is 19.8 Å². The van der Waals surface area contributed by atoms with Crippen LogP contribution in [0, 0.1) is 0 Å². The van der Waals surface area contributed by atoms with Gasteiger partial charge in [0.05, 0.1) is 5.56 Å². The molecule has 30 heavy (non-hydrogen) atoms. The third-order valence-electron chi connectivity index (χ3n) is 6.18. The third kappa shape index (κ3) is 3.60. The lowest BCUT2D eigenvalue weighted by atomic mass is 10.0. The van der Waals surface area contributed by atoms with E-state index in [4.69, 9.17) is 0 Å². The van der Waals surface area contributed by atoms with Gasteiger partial charge in [-0.05, 0) is 24.3 Å². The van der Waals surface area contributed by atoms with Crippen LogP contribution in [0.4, 0.5) is 0 Å². The summed E-state index contributed by atoms with van der Waals surface area (Å²) >= 11 is 0. The summed E-state index contributed by atoms with van der Waals surface area (Å²) in [6.07, 6.45) is 1.84. The Labute approximate surface area is 175 Å². The predicted octanol–water partition coefficient (Wildman–Crippen LogP) is 2.23. The van der Waals surface area contributed by atoms with Gasteiger partial charge in [-0.1, -0.05) is 37.3 Å². The number of phenolic OH excluding ortho intramolecular Hbond substituents is 1. The van der Waals surface area contributed by atoms with E-state index < -0.39 is 6.04 Å². The number of carbonyl (C=O) groups excluding carboxylic acids is 3. The van der Waals surface area contributed by atoms with Crippen LogP contribution in [-0.2, 0) is 9.59 Å². The zero-order chi connectivity index (χ0) is 21.3. The normalized spacial score (nSPS) is 19.4. The fraction of sp³-hybridized carbons (Fsp3) is 0.435. The Hall–Kier alpha value is -3.09. The zero-order valence-electron chi connectivity index (χ0n) is 17.2. The van der Waals surface area contributed by atoms with Crippen LogP contribution in [0.1, 0.15) is 36.5 Å². The number of fused-ring (bicyclic) bond motifs is 1. The van der Waals surface area contributed by atoms with E-state index in [0.29, 0.717) is 51.0 Å². The maximum atomic E-state index is 13.2. The van der Waals surface area contributed by atoms with E-state index in [-0.39, 0.29) is 29.0 Å². The number of hydrogen-bond donors (Lipinski definition) is 1. The lowest BCUT2D eigenvalue weighted by molar-refractivity contribution is -0.141. The highest BCUT2D eigenvalue weighted by Gasteiger charge is 2.38. The Bertz CT molecular complexity index is 982. The van der Waals surface area contributed by atoms with E-state index in [2.05, 4.69) is 0 Å². The maximum Gasteiger partial charge on any atom is 0.258 e. The average Bonchev–Trinajstić information content (AvgIpc) is 3.28. The van der Waals surface area contributed by atoms with Crippen molar-refractivity contribution in [3.8, 4) is 5.75 Å². The average molecular weight is 409 g/mol. The van der Waals surface area contributed by atoms with Gasteiger partial charge in [0.15, 0.2) is 0 Å². The molecule has 3 amide bonds. The summed E-state index contributed by atoms with van der Waals surface area (Å²) in [5, 5.41) is 12.2. The van der Waals surface area contributed by atoms with E-state index in [1.54, 1.807) is 26.8 Å². The highest BCUT2D eigenvalue weighted by Crippen LogP contribution is 2.31. The Kier molecular flexibility index (Phi) is 5.61. The Morgan fingerprint density at radius 3 is 2.40 bits per heavy atom. The van der Waals surface area contributed by atoms with Crippen LogP contribution < -0.4 is 0 Å². The van der Waals surface area contributed by atoms with Gasteiger partial charge in [-0.25, -0.2) is 0 Å². The fourth-order valence-electron chi connectivity index (χ4n) is 4.46. The van der Waals surface area contributed by atoms with Gasteiger partial charge in [0.1, 0.15) is 11.8 Å². The second kappa shape index (κ2) is 8.34. The highest BCUT2D eigenvalue weighted by molar-refractivity contribution is 6.05. The van der Waals surface area contributed by atoms with Crippen molar-refractivity contribution in [1.29, 1.82) is 0 Å². The molecule has 0 aliphatic carbocycles. The predicted molar refractivity (Wildman–Crippen MR) is 113 cm³/mol. The van der Waals surface area contributed by atoms with Crippen LogP contribution in [0.25, 0.3) is 10.8 Å². The van der Waals surface area contributed by atoms with Gasteiger partial charge in [0, 0.05) is 44.5 Å². The Balaban J connectivity index is 1.50. The van der Waals surface area contributed by atoms with Gasteiger partial charge in [0.2, 0.25) is 11.8 Å². The van der Waals surface area contributed by atoms with E-state index in [1.165, 1.54) is 0 Å². The Morgan fingerprint density at radius 1 is 0.967 bits per heavy atom. The number of phenols is 1. The summed E-state index contributed by atoms with van der Waals surface area (Å²) in [6.45, 7) is 4.38. The minimum atomic E-state index is -0.517. The molecule has 1 unspecified atom stereocenters. The lowest BCUT2D eigenvalue weighted by Crippen LogP contribution is -2.55. The van der Waals surface area contributed by atoms with Crippen molar-refractivity contribution >= 4 is 28.5 Å². The first-order valence-electron chi connectivity index (χ1n) is 10.6. The fourth-order valence-corrected chi connectivity index (χ4v) is 4.46. The second-order valence-electron chi connectivity index (χ2n) is 7.90. The molecular weight excluding hydrogens is 382 g/mol. The quantitative estimate of drug-likeness (QED) is 0.843. The second-order valence-corrected chi connectivity index (χ2v) is 7.90. The molecule has 158 valence electrons. The largest absolute Gasteiger partial charge is 0.506 e. The molecule has 7 heteroatoms. The molecular formula is C23H27N3O4. The molecule has 2 aliphatic heterocycles. The van der Waals surface area contributed by atoms with Gasteiger partial charge in [-0.2, -0.15) is 0 Å². The SMILES string of the molecule is CCC(=O)N1CCN(C(=O)C2CCCN2C(=O)c2ccc3ccccc3c2O)CC1. The lowest BCUT2D eigenvalue weighted by Gasteiger charge is -2.37. The third-order valence-corrected chi connectivity index (χ3v) is 6.18. The van der Waals surface area contributed by atoms with Crippen LogP contribution in [0.15, 0.2) is 36.4 Å². The number of piperazine rings is 1. The van der Waals surface area contributed by atoms with Crippen molar-refractivity contribution < 1.29 is 19.5 Å². The number of likely N-dealkylation sites (tertiary alicyclic amines) is 1. The van der Waals surface area contributed by atoms with Crippen LogP contribution in [-0.4, -0.2) is 76.3 Å². The zero-order valence-corrected chi connectivity index (χ0v) is 17.2. The molecule has 2 fully saturated rings. The molecule has 0 aromatic heterocycles. The van der Waals surface area contributed by atoms with E-state index in [0.717, 1.165) is 11.8 Å². The molecule has 0 spiro atoms. The molecule has 1 atom stereocenters. The first-order chi connectivity index (χ1) is 14.5. The molecule has 2 aromatic rings. The summed E-state index contributed by atoms with van der Waals surface area (Å²) in [5.74, 6) is -0.312. The molecule has 0 bridgehead atoms. The molecule has 0 radical (unpaired) electrons. The summed E-state index contributed by atoms with van der Waals surface area (Å²) < 4.78 is 0. The van der Waals surface area contributed by atoms with Gasteiger partial charge in [-0.3, -0.25) is 14.4 Å². The van der Waals surface area contributed by atoms with E-state index >= 15 is 0 Å². The number of benzene rings is 2. The Morgan fingerprint density at radius 2 is 1.67 bits per heavy atom. The smallest absolute Gasteiger partial charge is 0.258 e. The van der Waals surface area contributed by atoms with Crippen molar-refractivity contribution in [2.75, 3.05) is 32.7 Å². The van der Waals surface area contributed by atoms with Crippen LogP contribution in [0.5, 0.6) is 5.75 Å². The molecule has 1 N–H and O–H groups in total. The van der Waals surface area contributed by atoms with Crippen molar-refractivity contribution in [3.05, 3.63) is 42.0 Å². The maximum absolute atomic E-state index is 13.2. The molecule has 2 aliphatic rings. The summed E-state index contributed by atoms with van der Waals surface area (Å²) in [6, 6.07) is 10.3. The number of rotatable bonds is 3. The molecule has 2 aromatic carbocycles. The van der Waals surface area contributed by atoms with E-state index in [9.17, 15) is 19.5 Å². The number of aromatic hydroxyl groups is 1. The monoisotopic (exact) mass is 409 g/mol. The minimum Gasteiger partial charge on any atom is -0.506 e. The molecule has 2 heterocycles. The summed E-state index contributed by atoms with van der Waals surface area (Å²) in [7, 11) is 0. The summed E-state index contributed by atoms with van der Waals surface area (Å²) in [4.78, 5) is 43.4. The standard InChI is InChI=1S/C23H27N3O4/c1-2-20(27)24-12-14-25(15-13-24)23(30)19-8-5-11-26(19)22(29)18-10-9-16-6-3-4-7-17(16)21(18)28/h3-4,6-7,9-10,19,28H,2,5,8,11-15H2,1H3. The number of amides is 3.